The molecule has 0 saturated carbocycles. The van der Waals surface area contributed by atoms with E-state index in [-0.39, 0.29) is 4.90 Å². The first-order valence-corrected chi connectivity index (χ1v) is 7.09. The Morgan fingerprint density at radius 3 is 2.44 bits per heavy atom. The Labute approximate surface area is 106 Å². The Morgan fingerprint density at radius 1 is 1.33 bits per heavy atom. The maximum Gasteiger partial charge on any atom is 0.331 e. The minimum absolute atomic E-state index is 0.288. The second kappa shape index (κ2) is 6.20. The summed E-state index contributed by atoms with van der Waals surface area (Å²) in [6.07, 6.45) is 3.92. The molecule has 6 heteroatoms. The van der Waals surface area contributed by atoms with Crippen LogP contribution in [0.1, 0.15) is 5.56 Å². The van der Waals surface area contributed by atoms with Crippen LogP contribution in [0.5, 0.6) is 0 Å². The summed E-state index contributed by atoms with van der Waals surface area (Å²) < 4.78 is 26.9. The average Bonchev–Trinajstić information content (AvgIpc) is 2.33. The number of ether oxygens (including phenoxy) is 1. The fourth-order valence-electron chi connectivity index (χ4n) is 1.23. The van der Waals surface area contributed by atoms with Crippen LogP contribution in [-0.2, 0) is 25.9 Å². The molecule has 0 atom stereocenters. The van der Waals surface area contributed by atoms with Gasteiger partial charge in [-0.3, -0.25) is 0 Å². The Kier molecular flexibility index (Phi) is 4.91. The van der Waals surface area contributed by atoms with Gasteiger partial charge in [-0.25, -0.2) is 13.2 Å². The molecule has 0 aliphatic carbocycles. The lowest BCUT2D eigenvalue weighted by atomic mass is 10.2. The molecule has 0 aromatic heterocycles. The molecule has 0 heterocycles. The van der Waals surface area contributed by atoms with Crippen molar-refractivity contribution in [1.82, 2.24) is 5.32 Å². The van der Waals surface area contributed by atoms with Crippen molar-refractivity contribution in [2.24, 2.45) is 0 Å². The maximum atomic E-state index is 11.2. The van der Waals surface area contributed by atoms with Gasteiger partial charge in [0.15, 0.2) is 9.84 Å². The molecule has 0 bridgehead atoms. The van der Waals surface area contributed by atoms with Gasteiger partial charge in [0.1, 0.15) is 0 Å². The zero-order chi connectivity index (χ0) is 13.6. The Balaban J connectivity index is 2.55. The molecule has 0 amide bonds. The lowest BCUT2D eigenvalue weighted by molar-refractivity contribution is -0.134. The highest BCUT2D eigenvalue weighted by molar-refractivity contribution is 7.90. The zero-order valence-electron chi connectivity index (χ0n) is 10.2. The highest BCUT2D eigenvalue weighted by Crippen LogP contribution is 2.09. The smallest absolute Gasteiger partial charge is 0.331 e. The topological polar surface area (TPSA) is 72.5 Å². The monoisotopic (exact) mass is 269 g/mol. The number of carbonyl (C=O) groups is 1. The number of methoxy groups -OCH3 is 1. The summed E-state index contributed by atoms with van der Waals surface area (Å²) in [4.78, 5) is 11.1. The van der Waals surface area contributed by atoms with E-state index in [9.17, 15) is 13.2 Å². The van der Waals surface area contributed by atoms with E-state index in [1.165, 1.54) is 25.6 Å². The van der Waals surface area contributed by atoms with Crippen molar-refractivity contribution >= 4 is 15.8 Å². The Hall–Kier alpha value is -1.82. The van der Waals surface area contributed by atoms with Crippen LogP contribution in [-0.4, -0.2) is 27.8 Å². The summed E-state index contributed by atoms with van der Waals surface area (Å²) >= 11 is 0. The van der Waals surface area contributed by atoms with Crippen LogP contribution >= 0.6 is 0 Å². The summed E-state index contributed by atoms with van der Waals surface area (Å²) in [7, 11) is -1.85. The van der Waals surface area contributed by atoms with Crippen molar-refractivity contribution in [3.05, 3.63) is 42.1 Å². The molecule has 0 aliphatic rings. The molecule has 0 aliphatic heterocycles. The quantitative estimate of drug-likeness (QED) is 0.634. The summed E-state index contributed by atoms with van der Waals surface area (Å²) in [5.74, 6) is -0.435. The predicted octanol–water partition coefficient (Wildman–Crippen LogP) is 0.866. The number of nitrogens with one attached hydrogen (secondary N) is 1. The van der Waals surface area contributed by atoms with Gasteiger partial charge < -0.3 is 10.1 Å². The fraction of sp³-hybridized carbons (Fsp3) is 0.250. The molecule has 0 radical (unpaired) electrons. The first kappa shape index (κ1) is 14.2. The van der Waals surface area contributed by atoms with E-state index in [0.29, 0.717) is 6.54 Å². The lowest BCUT2D eigenvalue weighted by Gasteiger charge is -2.03. The third-order valence-corrected chi connectivity index (χ3v) is 3.32. The molecular weight excluding hydrogens is 254 g/mol. The van der Waals surface area contributed by atoms with Crippen LogP contribution in [0.3, 0.4) is 0 Å². The minimum atomic E-state index is -3.15. The molecule has 0 unspecified atom stereocenters. The summed E-state index contributed by atoms with van der Waals surface area (Å²) in [6.45, 7) is 0.498. The fourth-order valence-corrected chi connectivity index (χ4v) is 1.86. The standard InChI is InChI=1S/C12H15NO4S/c1-17-12(14)7-8-13-9-10-3-5-11(6-4-10)18(2,15)16/h3-8,13H,9H2,1-2H3/b8-7+. The number of benzene rings is 1. The number of carbonyl (C=O) groups excluding carboxylic acids is 1. The number of hydrogen-bond donors (Lipinski definition) is 1. The van der Waals surface area contributed by atoms with Gasteiger partial charge in [-0.2, -0.15) is 0 Å². The zero-order valence-corrected chi connectivity index (χ0v) is 11.0. The SMILES string of the molecule is COC(=O)/C=C/NCc1ccc(S(C)(=O)=O)cc1. The maximum absolute atomic E-state index is 11.2. The molecule has 1 aromatic rings. The highest BCUT2D eigenvalue weighted by atomic mass is 32.2. The predicted molar refractivity (Wildman–Crippen MR) is 67.5 cm³/mol. The van der Waals surface area contributed by atoms with Gasteiger partial charge in [-0.05, 0) is 17.7 Å². The van der Waals surface area contributed by atoms with Gasteiger partial charge in [0.2, 0.25) is 0 Å². The van der Waals surface area contributed by atoms with E-state index in [2.05, 4.69) is 10.1 Å². The highest BCUT2D eigenvalue weighted by Gasteiger charge is 2.05. The van der Waals surface area contributed by atoms with Crippen molar-refractivity contribution in [3.8, 4) is 0 Å². The normalized spacial score (nSPS) is 11.4. The van der Waals surface area contributed by atoms with E-state index < -0.39 is 15.8 Å². The van der Waals surface area contributed by atoms with Gasteiger partial charge in [0, 0.05) is 25.1 Å². The van der Waals surface area contributed by atoms with Gasteiger partial charge in [0.05, 0.1) is 12.0 Å². The summed E-state index contributed by atoms with van der Waals surface area (Å²) in [5, 5.41) is 2.89. The molecule has 0 saturated heterocycles. The van der Waals surface area contributed by atoms with Crippen molar-refractivity contribution in [2.75, 3.05) is 13.4 Å². The van der Waals surface area contributed by atoms with Gasteiger partial charge >= 0.3 is 5.97 Å². The average molecular weight is 269 g/mol. The molecule has 1 N–H and O–H groups in total. The Morgan fingerprint density at radius 2 is 1.94 bits per heavy atom. The van der Waals surface area contributed by atoms with Crippen LogP contribution in [0.15, 0.2) is 41.4 Å². The van der Waals surface area contributed by atoms with Crippen LogP contribution in [0, 0.1) is 0 Å². The van der Waals surface area contributed by atoms with E-state index in [1.807, 2.05) is 0 Å². The van der Waals surface area contributed by atoms with Crippen molar-refractivity contribution in [2.45, 2.75) is 11.4 Å². The number of rotatable bonds is 5. The van der Waals surface area contributed by atoms with E-state index in [0.717, 1.165) is 5.56 Å². The molecule has 5 nitrogen and oxygen atoms in total. The second-order valence-corrected chi connectivity index (χ2v) is 5.67. The first-order valence-electron chi connectivity index (χ1n) is 5.20. The molecular formula is C12H15NO4S. The molecule has 18 heavy (non-hydrogen) atoms. The second-order valence-electron chi connectivity index (χ2n) is 3.65. The summed E-state index contributed by atoms with van der Waals surface area (Å²) in [5.41, 5.74) is 0.914. The molecule has 1 aromatic carbocycles. The summed E-state index contributed by atoms with van der Waals surface area (Å²) in [6, 6.07) is 6.54. The number of sulfone groups is 1. The van der Waals surface area contributed by atoms with Crippen LogP contribution in [0.4, 0.5) is 0 Å². The van der Waals surface area contributed by atoms with Gasteiger partial charge in [-0.1, -0.05) is 12.1 Å². The Bertz CT molecular complexity index is 532. The molecule has 1 rings (SSSR count). The third kappa shape index (κ3) is 4.58. The van der Waals surface area contributed by atoms with Crippen molar-refractivity contribution in [3.63, 3.8) is 0 Å². The minimum Gasteiger partial charge on any atom is -0.466 e. The first-order chi connectivity index (χ1) is 8.43. The van der Waals surface area contributed by atoms with Crippen LogP contribution in [0.2, 0.25) is 0 Å². The van der Waals surface area contributed by atoms with Crippen molar-refractivity contribution < 1.29 is 17.9 Å². The largest absolute Gasteiger partial charge is 0.466 e. The number of hydrogen-bond acceptors (Lipinski definition) is 5. The molecule has 0 spiro atoms. The molecule has 0 fully saturated rings. The van der Waals surface area contributed by atoms with Crippen molar-refractivity contribution in [1.29, 1.82) is 0 Å². The van der Waals surface area contributed by atoms with Crippen LogP contribution < -0.4 is 5.32 Å². The van der Waals surface area contributed by atoms with Gasteiger partial charge in [0.25, 0.3) is 0 Å². The number of esters is 1. The van der Waals surface area contributed by atoms with Crippen LogP contribution in [0.25, 0.3) is 0 Å². The van der Waals surface area contributed by atoms with E-state index >= 15 is 0 Å². The third-order valence-electron chi connectivity index (χ3n) is 2.20. The van der Waals surface area contributed by atoms with Gasteiger partial charge in [-0.15, -0.1) is 0 Å². The van der Waals surface area contributed by atoms with E-state index in [4.69, 9.17) is 0 Å². The lowest BCUT2D eigenvalue weighted by Crippen LogP contribution is -2.06. The van der Waals surface area contributed by atoms with E-state index in [1.54, 1.807) is 24.3 Å². The molecule has 98 valence electrons.